The second kappa shape index (κ2) is 1.26. The van der Waals surface area contributed by atoms with Gasteiger partial charge in [-0.2, -0.15) is 0 Å². The van der Waals surface area contributed by atoms with Gasteiger partial charge in [0.05, 0.1) is 5.10 Å². The molecular weight excluding hydrogens is 101 g/mol. The number of amidine groups is 1. The van der Waals surface area contributed by atoms with Crippen molar-refractivity contribution in [3.05, 3.63) is 0 Å². The Labute approximate surface area is 39.7 Å². The summed E-state index contributed by atoms with van der Waals surface area (Å²) in [6, 6.07) is 0. The third kappa shape index (κ3) is 0.490. The van der Waals surface area contributed by atoms with E-state index >= 15 is 0 Å². The Kier molecular flexibility index (Phi) is 0.759. The van der Waals surface area contributed by atoms with Crippen LogP contribution in [0.3, 0.4) is 0 Å². The third-order valence-electron chi connectivity index (χ3n) is 0.386. The van der Waals surface area contributed by atoms with E-state index in [4.69, 9.17) is 11.6 Å². The Bertz CT molecular complexity index is 103. The van der Waals surface area contributed by atoms with E-state index in [1.807, 2.05) is 0 Å². The summed E-state index contributed by atoms with van der Waals surface area (Å²) in [5.74, 6) is 0. The quantitative estimate of drug-likeness (QED) is 0.411. The second-order valence-electron chi connectivity index (χ2n) is 0.768. The van der Waals surface area contributed by atoms with Crippen molar-refractivity contribution in [3.63, 3.8) is 0 Å². The highest BCUT2D eigenvalue weighted by molar-refractivity contribution is 6.65. The van der Waals surface area contributed by atoms with Crippen LogP contribution < -0.4 is 10.5 Å². The van der Waals surface area contributed by atoms with Crippen LogP contribution in [-0.4, -0.2) is 11.6 Å². The largest absolute Gasteiger partial charge is 0.461 e. The average molecular weight is 104 g/mol. The molecule has 0 aromatic rings. The van der Waals surface area contributed by atoms with E-state index in [0.29, 0.717) is 0 Å². The van der Waals surface area contributed by atoms with E-state index in [-0.39, 0.29) is 5.29 Å². The first-order chi connectivity index (χ1) is 2.89. The van der Waals surface area contributed by atoms with E-state index in [2.05, 4.69) is 15.5 Å². The molecule has 1 aliphatic rings. The van der Waals surface area contributed by atoms with Crippen LogP contribution in [0.1, 0.15) is 0 Å². The van der Waals surface area contributed by atoms with E-state index in [0.717, 1.165) is 0 Å². The normalized spacial score (nSPS) is 17.2. The minimum atomic E-state index is 0.259. The lowest BCUT2D eigenvalue weighted by Gasteiger charge is -1.53. The Balaban J connectivity index is 2.68. The Morgan fingerprint density at radius 1 is 2.00 bits per heavy atom. The number of nitrogens with zero attached hydrogens (tertiary/aromatic N) is 2. The molecule has 31 valence electrons. The zero-order chi connectivity index (χ0) is 4.41. The molecule has 3 nitrogen and oxygen atoms in total. The fourth-order valence-electron chi connectivity index (χ4n) is 0.193. The SMILES string of the molecule is ClC1=[N+]NC=N1. The van der Waals surface area contributed by atoms with Gasteiger partial charge in [-0.05, 0) is 4.99 Å². The fraction of sp³-hybridized carbons (Fsp3) is 0. The van der Waals surface area contributed by atoms with Crippen LogP contribution in [0, 0.1) is 0 Å². The number of nitrogens with one attached hydrogen (secondary N) is 1. The van der Waals surface area contributed by atoms with E-state index in [1.165, 1.54) is 6.34 Å². The van der Waals surface area contributed by atoms with Crippen LogP contribution >= 0.6 is 11.6 Å². The van der Waals surface area contributed by atoms with Gasteiger partial charge in [-0.3, -0.25) is 0 Å². The van der Waals surface area contributed by atoms with Gasteiger partial charge in [-0.25, -0.2) is 0 Å². The predicted molar refractivity (Wildman–Crippen MR) is 24.6 cm³/mol. The molecule has 0 spiro atoms. The van der Waals surface area contributed by atoms with Crippen LogP contribution in [0.5, 0.6) is 0 Å². The molecule has 1 aliphatic heterocycles. The van der Waals surface area contributed by atoms with E-state index in [1.54, 1.807) is 0 Å². The molecule has 0 unspecified atom stereocenters. The van der Waals surface area contributed by atoms with Crippen LogP contribution in [0.25, 0.3) is 0 Å². The number of rotatable bonds is 0. The summed E-state index contributed by atoms with van der Waals surface area (Å²) in [6.45, 7) is 0. The molecule has 4 heteroatoms. The third-order valence-corrected chi connectivity index (χ3v) is 0.568. The van der Waals surface area contributed by atoms with Gasteiger partial charge in [0.25, 0.3) is 0 Å². The zero-order valence-electron chi connectivity index (χ0n) is 2.85. The van der Waals surface area contributed by atoms with Crippen LogP contribution in [-0.2, 0) is 0 Å². The van der Waals surface area contributed by atoms with Crippen molar-refractivity contribution in [2.24, 2.45) is 4.99 Å². The molecule has 0 bridgehead atoms. The first-order valence-corrected chi connectivity index (χ1v) is 1.78. The molecule has 0 saturated carbocycles. The molecule has 0 aromatic heterocycles. The molecule has 0 aromatic carbocycles. The van der Waals surface area contributed by atoms with Gasteiger partial charge in [-0.1, -0.05) is 0 Å². The Morgan fingerprint density at radius 3 is 3.00 bits per heavy atom. The minimum absolute atomic E-state index is 0.259. The molecular formula is C2H2ClN3+. The standard InChI is InChI=1S/C2H2ClN3/c3-2-4-1-5-6-2/h1H,(H,4,5)/q+1. The number of hydrazone groups is 1. The van der Waals surface area contributed by atoms with Gasteiger partial charge in [0.1, 0.15) is 0 Å². The fourth-order valence-corrected chi connectivity index (χ4v) is 0.291. The first-order valence-electron chi connectivity index (χ1n) is 1.41. The molecule has 0 aliphatic carbocycles. The Morgan fingerprint density at radius 2 is 2.83 bits per heavy atom. The molecule has 1 radical (unpaired) electrons. The second-order valence-corrected chi connectivity index (χ2v) is 1.11. The summed E-state index contributed by atoms with van der Waals surface area (Å²) in [4.78, 5) is 3.52. The number of hydrogen-bond donors (Lipinski definition) is 1. The van der Waals surface area contributed by atoms with Crippen molar-refractivity contribution in [3.8, 4) is 0 Å². The Hall–Kier alpha value is -0.570. The van der Waals surface area contributed by atoms with Crippen LogP contribution in [0.2, 0.25) is 0 Å². The maximum Gasteiger partial charge on any atom is 0.461 e. The number of hydrogen-bond acceptors (Lipinski definition) is 3. The summed E-state index contributed by atoms with van der Waals surface area (Å²) in [5, 5.41) is 3.71. The minimum Gasteiger partial charge on any atom is -0.149 e. The van der Waals surface area contributed by atoms with Gasteiger partial charge in [0, 0.05) is 11.6 Å². The molecule has 0 saturated heterocycles. The van der Waals surface area contributed by atoms with Gasteiger partial charge in [-0.15, -0.1) is 5.43 Å². The molecule has 0 amide bonds. The van der Waals surface area contributed by atoms with Crippen LogP contribution in [0.15, 0.2) is 4.99 Å². The highest BCUT2D eigenvalue weighted by Gasteiger charge is 2.07. The van der Waals surface area contributed by atoms with E-state index < -0.39 is 0 Å². The maximum atomic E-state index is 5.20. The summed E-state index contributed by atoms with van der Waals surface area (Å²) >= 11 is 5.20. The topological polar surface area (TPSA) is 38.5 Å². The highest BCUT2D eigenvalue weighted by Crippen LogP contribution is 1.79. The van der Waals surface area contributed by atoms with Crippen molar-refractivity contribution in [2.45, 2.75) is 0 Å². The lowest BCUT2D eigenvalue weighted by atomic mass is 11.3. The summed E-state index contributed by atoms with van der Waals surface area (Å²) in [6.07, 6.45) is 1.42. The van der Waals surface area contributed by atoms with Crippen molar-refractivity contribution in [1.29, 1.82) is 0 Å². The van der Waals surface area contributed by atoms with Crippen molar-refractivity contribution in [2.75, 3.05) is 0 Å². The molecule has 6 heavy (non-hydrogen) atoms. The van der Waals surface area contributed by atoms with Gasteiger partial charge >= 0.3 is 5.29 Å². The number of halogens is 1. The molecule has 1 rings (SSSR count). The smallest absolute Gasteiger partial charge is 0.149 e. The lowest BCUT2D eigenvalue weighted by molar-refractivity contribution is 0.964. The number of aliphatic imine (C=N–C) groups is 1. The summed E-state index contributed by atoms with van der Waals surface area (Å²) in [5.41, 5.74) is 2.44. The molecule has 0 atom stereocenters. The molecule has 0 fully saturated rings. The van der Waals surface area contributed by atoms with Crippen LogP contribution in [0.4, 0.5) is 0 Å². The lowest BCUT2D eigenvalue weighted by Crippen LogP contribution is -2.07. The van der Waals surface area contributed by atoms with E-state index in [9.17, 15) is 0 Å². The predicted octanol–water partition coefficient (Wildman–Crippen LogP) is -0.537. The van der Waals surface area contributed by atoms with Gasteiger partial charge in [0.15, 0.2) is 0 Å². The van der Waals surface area contributed by atoms with Gasteiger partial charge in [0.2, 0.25) is 6.34 Å². The van der Waals surface area contributed by atoms with Crippen molar-refractivity contribution < 1.29 is 0 Å². The zero-order valence-corrected chi connectivity index (χ0v) is 3.61. The summed E-state index contributed by atoms with van der Waals surface area (Å²) < 4.78 is 0. The van der Waals surface area contributed by atoms with Crippen molar-refractivity contribution >= 4 is 23.2 Å². The highest BCUT2D eigenvalue weighted by atomic mass is 35.5. The molecule has 1 N–H and O–H groups in total. The van der Waals surface area contributed by atoms with Gasteiger partial charge < -0.3 is 0 Å². The maximum absolute atomic E-state index is 5.20. The monoisotopic (exact) mass is 103 g/mol. The molecule has 1 heterocycles. The average Bonchev–Trinajstić information content (AvgIpc) is 1.86. The van der Waals surface area contributed by atoms with Crippen molar-refractivity contribution in [1.82, 2.24) is 10.5 Å². The summed E-state index contributed by atoms with van der Waals surface area (Å²) in [7, 11) is 0. The first kappa shape index (κ1) is 3.61.